The van der Waals surface area contributed by atoms with Crippen LogP contribution < -0.4 is 10.6 Å². The molecule has 1 aliphatic heterocycles. The van der Waals surface area contributed by atoms with Gasteiger partial charge in [-0.25, -0.2) is 4.79 Å². The summed E-state index contributed by atoms with van der Waals surface area (Å²) < 4.78 is 4.49. The van der Waals surface area contributed by atoms with Crippen LogP contribution in [0, 0.1) is 0 Å². The van der Waals surface area contributed by atoms with Crippen molar-refractivity contribution >= 4 is 6.09 Å². The molecular weight excluding hydrogens is 156 g/mol. The summed E-state index contributed by atoms with van der Waals surface area (Å²) in [7, 11) is 1.36. The van der Waals surface area contributed by atoms with Gasteiger partial charge in [-0.1, -0.05) is 5.57 Å². The van der Waals surface area contributed by atoms with Crippen LogP contribution in [0.25, 0.3) is 0 Å². The molecule has 0 aromatic rings. The van der Waals surface area contributed by atoms with Gasteiger partial charge in [0.1, 0.15) is 0 Å². The molecule has 0 saturated heterocycles. The number of hydrogen-bond donors (Lipinski definition) is 2. The molecule has 1 rings (SSSR count). The summed E-state index contributed by atoms with van der Waals surface area (Å²) in [6.45, 7) is 3.73. The Morgan fingerprint density at radius 3 is 3.00 bits per heavy atom. The Morgan fingerprint density at radius 2 is 2.42 bits per heavy atom. The molecule has 1 amide bonds. The van der Waals surface area contributed by atoms with E-state index in [-0.39, 0.29) is 0 Å². The van der Waals surface area contributed by atoms with Crippen LogP contribution in [0.2, 0.25) is 0 Å². The smallest absolute Gasteiger partial charge is 0.411 e. The van der Waals surface area contributed by atoms with Crippen LogP contribution in [0.5, 0.6) is 0 Å². The largest absolute Gasteiger partial charge is 0.453 e. The van der Waals surface area contributed by atoms with Crippen LogP contribution in [0.4, 0.5) is 4.79 Å². The van der Waals surface area contributed by atoms with E-state index in [1.165, 1.54) is 12.7 Å². The minimum atomic E-state index is -0.395. The standard InChI is InChI=1S/C8H14N2O2/c1-6-3-4-9-5-7(6)10-8(11)12-2/h9H,3-5H2,1-2H3,(H,10,11). The highest BCUT2D eigenvalue weighted by atomic mass is 16.5. The van der Waals surface area contributed by atoms with E-state index in [2.05, 4.69) is 15.4 Å². The first-order chi connectivity index (χ1) is 5.74. The first kappa shape index (κ1) is 9.06. The van der Waals surface area contributed by atoms with Gasteiger partial charge in [0.25, 0.3) is 0 Å². The molecule has 2 N–H and O–H groups in total. The van der Waals surface area contributed by atoms with E-state index in [0.717, 1.165) is 25.2 Å². The van der Waals surface area contributed by atoms with Gasteiger partial charge < -0.3 is 10.1 Å². The Hall–Kier alpha value is -1.03. The normalized spacial score (nSPS) is 17.5. The highest BCUT2D eigenvalue weighted by Gasteiger charge is 2.10. The van der Waals surface area contributed by atoms with E-state index in [9.17, 15) is 4.79 Å². The molecule has 4 heteroatoms. The van der Waals surface area contributed by atoms with Crippen LogP contribution in [0.1, 0.15) is 13.3 Å². The molecule has 0 aliphatic carbocycles. The summed E-state index contributed by atoms with van der Waals surface area (Å²) >= 11 is 0. The number of ether oxygens (including phenoxy) is 1. The average molecular weight is 170 g/mol. The predicted molar refractivity (Wildman–Crippen MR) is 45.7 cm³/mol. The van der Waals surface area contributed by atoms with Gasteiger partial charge in [-0.15, -0.1) is 0 Å². The summed E-state index contributed by atoms with van der Waals surface area (Å²) in [5, 5.41) is 5.84. The summed E-state index contributed by atoms with van der Waals surface area (Å²) in [5.41, 5.74) is 2.16. The van der Waals surface area contributed by atoms with Crippen molar-refractivity contribution in [2.45, 2.75) is 13.3 Å². The van der Waals surface area contributed by atoms with Crippen LogP contribution in [0.3, 0.4) is 0 Å². The molecule has 0 aromatic carbocycles. The van der Waals surface area contributed by atoms with Crippen molar-refractivity contribution < 1.29 is 9.53 Å². The summed E-state index contributed by atoms with van der Waals surface area (Å²) in [6.07, 6.45) is 0.590. The number of carbonyl (C=O) groups excluding carboxylic acids is 1. The Balaban J connectivity index is 2.54. The molecule has 0 unspecified atom stereocenters. The average Bonchev–Trinajstić information content (AvgIpc) is 2.09. The Morgan fingerprint density at radius 1 is 1.67 bits per heavy atom. The van der Waals surface area contributed by atoms with Crippen molar-refractivity contribution in [1.82, 2.24) is 10.6 Å². The molecule has 0 aromatic heterocycles. The van der Waals surface area contributed by atoms with Crippen molar-refractivity contribution in [3.05, 3.63) is 11.3 Å². The maximum atomic E-state index is 10.8. The van der Waals surface area contributed by atoms with Gasteiger partial charge in [0.2, 0.25) is 0 Å². The zero-order valence-electron chi connectivity index (χ0n) is 7.44. The highest BCUT2D eigenvalue weighted by molar-refractivity contribution is 5.69. The van der Waals surface area contributed by atoms with E-state index in [4.69, 9.17) is 0 Å². The fourth-order valence-corrected chi connectivity index (χ4v) is 1.12. The van der Waals surface area contributed by atoms with Crippen molar-refractivity contribution in [1.29, 1.82) is 0 Å². The van der Waals surface area contributed by atoms with Gasteiger partial charge in [0, 0.05) is 12.2 Å². The summed E-state index contributed by atoms with van der Waals surface area (Å²) in [6, 6.07) is 0. The maximum Gasteiger partial charge on any atom is 0.411 e. The monoisotopic (exact) mass is 170 g/mol. The lowest BCUT2D eigenvalue weighted by Crippen LogP contribution is -2.34. The molecule has 4 nitrogen and oxygen atoms in total. The zero-order valence-corrected chi connectivity index (χ0v) is 7.44. The van der Waals surface area contributed by atoms with Gasteiger partial charge in [-0.2, -0.15) is 0 Å². The fourth-order valence-electron chi connectivity index (χ4n) is 1.12. The van der Waals surface area contributed by atoms with Crippen molar-refractivity contribution in [3.63, 3.8) is 0 Å². The second kappa shape index (κ2) is 4.11. The van der Waals surface area contributed by atoms with Gasteiger partial charge in [0.15, 0.2) is 0 Å². The van der Waals surface area contributed by atoms with E-state index >= 15 is 0 Å². The number of hydrogen-bond acceptors (Lipinski definition) is 3. The maximum absolute atomic E-state index is 10.8. The zero-order chi connectivity index (χ0) is 8.97. The lowest BCUT2D eigenvalue weighted by molar-refractivity contribution is 0.173. The van der Waals surface area contributed by atoms with Crippen molar-refractivity contribution in [2.75, 3.05) is 20.2 Å². The quantitative estimate of drug-likeness (QED) is 0.606. The summed E-state index contributed by atoms with van der Waals surface area (Å²) in [4.78, 5) is 10.8. The highest BCUT2D eigenvalue weighted by Crippen LogP contribution is 2.08. The first-order valence-electron chi connectivity index (χ1n) is 3.98. The third-order valence-electron chi connectivity index (χ3n) is 1.93. The molecule has 0 atom stereocenters. The molecule has 0 spiro atoms. The molecule has 0 radical (unpaired) electrons. The number of carbonyl (C=O) groups is 1. The molecule has 68 valence electrons. The lowest BCUT2D eigenvalue weighted by atomic mass is 10.1. The van der Waals surface area contributed by atoms with Gasteiger partial charge in [0.05, 0.1) is 7.11 Å². The van der Waals surface area contributed by atoms with E-state index in [1.54, 1.807) is 0 Å². The summed E-state index contributed by atoms with van der Waals surface area (Å²) in [5.74, 6) is 0. The predicted octanol–water partition coefficient (Wildman–Crippen LogP) is 0.610. The molecular formula is C8H14N2O2. The van der Waals surface area contributed by atoms with E-state index in [0.29, 0.717) is 0 Å². The van der Waals surface area contributed by atoms with Gasteiger partial charge >= 0.3 is 6.09 Å². The molecule has 12 heavy (non-hydrogen) atoms. The molecule has 0 bridgehead atoms. The molecule has 1 aliphatic rings. The molecule has 1 heterocycles. The third kappa shape index (κ3) is 2.23. The van der Waals surface area contributed by atoms with Crippen LogP contribution in [0.15, 0.2) is 11.3 Å². The second-order valence-corrected chi connectivity index (χ2v) is 2.80. The van der Waals surface area contributed by atoms with Gasteiger partial charge in [-0.05, 0) is 19.9 Å². The van der Waals surface area contributed by atoms with E-state index < -0.39 is 6.09 Å². The van der Waals surface area contributed by atoms with E-state index in [1.807, 2.05) is 6.92 Å². The minimum absolute atomic E-state index is 0.395. The number of rotatable bonds is 1. The SMILES string of the molecule is COC(=O)NC1=C(C)CCNC1. The van der Waals surface area contributed by atoms with Crippen LogP contribution >= 0.6 is 0 Å². The topological polar surface area (TPSA) is 50.4 Å². The fraction of sp³-hybridized carbons (Fsp3) is 0.625. The van der Waals surface area contributed by atoms with Gasteiger partial charge in [-0.3, -0.25) is 5.32 Å². The Labute approximate surface area is 72.0 Å². The Bertz CT molecular complexity index is 211. The number of alkyl carbamates (subject to hydrolysis) is 1. The molecule has 0 fully saturated rings. The van der Waals surface area contributed by atoms with Crippen molar-refractivity contribution in [3.8, 4) is 0 Å². The van der Waals surface area contributed by atoms with Crippen LogP contribution in [-0.4, -0.2) is 26.3 Å². The lowest BCUT2D eigenvalue weighted by Gasteiger charge is -2.18. The van der Waals surface area contributed by atoms with Crippen molar-refractivity contribution in [2.24, 2.45) is 0 Å². The minimum Gasteiger partial charge on any atom is -0.453 e. The third-order valence-corrected chi connectivity index (χ3v) is 1.93. The van der Waals surface area contributed by atoms with Crippen LogP contribution in [-0.2, 0) is 4.74 Å². The Kier molecular flexibility index (Phi) is 3.10. The first-order valence-corrected chi connectivity index (χ1v) is 3.98. The number of methoxy groups -OCH3 is 1. The molecule has 0 saturated carbocycles. The number of amides is 1. The second-order valence-electron chi connectivity index (χ2n) is 2.80. The number of nitrogens with one attached hydrogen (secondary N) is 2.